The van der Waals surface area contributed by atoms with Gasteiger partial charge >= 0.3 is 6.03 Å². The van der Waals surface area contributed by atoms with E-state index in [1.807, 2.05) is 6.92 Å². The quantitative estimate of drug-likeness (QED) is 0.295. The number of urea groups is 1. The van der Waals surface area contributed by atoms with Gasteiger partial charge in [0, 0.05) is 10.6 Å². The first-order chi connectivity index (χ1) is 15.3. The highest BCUT2D eigenvalue weighted by molar-refractivity contribution is 7.15. The Bertz CT molecular complexity index is 815. The highest BCUT2D eigenvalue weighted by Gasteiger charge is 2.17. The molecule has 1 aromatic carbocycles. The first kappa shape index (κ1) is 26.4. The summed E-state index contributed by atoms with van der Waals surface area (Å²) in [4.78, 5) is 18.7. The van der Waals surface area contributed by atoms with Gasteiger partial charge in [-0.3, -0.25) is 5.32 Å². The number of thiazole rings is 1. The summed E-state index contributed by atoms with van der Waals surface area (Å²) in [5.74, 6) is 0.675. The van der Waals surface area contributed by atoms with Gasteiger partial charge in [-0.25, -0.2) is 9.78 Å². The molecule has 0 spiro atoms. The molecule has 2 aromatic rings. The zero-order chi connectivity index (χ0) is 23.5. The number of amides is 2. The number of nitrogens with one attached hydrogen (secondary N) is 2. The Hall–Kier alpha value is -1.88. The SMILES string of the molecule is CCCCCCCCCCc1sc(NC(=O)Nc2c(C(C)C)cccc2C(C)C)nc1C. The van der Waals surface area contributed by atoms with Crippen LogP contribution in [0.3, 0.4) is 0 Å². The van der Waals surface area contributed by atoms with Crippen molar-refractivity contribution in [3.63, 3.8) is 0 Å². The Morgan fingerprint density at radius 3 is 2.03 bits per heavy atom. The number of hydrogen-bond donors (Lipinski definition) is 2. The van der Waals surface area contributed by atoms with E-state index in [-0.39, 0.29) is 6.03 Å². The molecular weight excluding hydrogens is 414 g/mol. The normalized spacial score (nSPS) is 11.4. The van der Waals surface area contributed by atoms with Gasteiger partial charge in [0.15, 0.2) is 5.13 Å². The zero-order valence-electron chi connectivity index (χ0n) is 21.0. The van der Waals surface area contributed by atoms with Gasteiger partial charge in [0.25, 0.3) is 0 Å². The van der Waals surface area contributed by atoms with Crippen molar-refractivity contribution in [3.05, 3.63) is 39.9 Å². The maximum absolute atomic E-state index is 12.8. The minimum atomic E-state index is -0.215. The Kier molecular flexibility index (Phi) is 11.2. The van der Waals surface area contributed by atoms with Gasteiger partial charge in [-0.05, 0) is 42.7 Å². The van der Waals surface area contributed by atoms with Crippen LogP contribution < -0.4 is 10.6 Å². The fourth-order valence-electron chi connectivity index (χ4n) is 4.07. The van der Waals surface area contributed by atoms with Crippen LogP contribution in [0, 0.1) is 6.92 Å². The molecule has 0 fully saturated rings. The molecule has 1 aromatic heterocycles. The molecule has 0 radical (unpaired) electrons. The maximum Gasteiger partial charge on any atom is 0.325 e. The second-order valence-corrected chi connectivity index (χ2v) is 10.5. The van der Waals surface area contributed by atoms with Crippen molar-refractivity contribution in [2.75, 3.05) is 10.6 Å². The largest absolute Gasteiger partial charge is 0.325 e. The number of carbonyl (C=O) groups is 1. The van der Waals surface area contributed by atoms with E-state index in [0.29, 0.717) is 17.0 Å². The summed E-state index contributed by atoms with van der Waals surface area (Å²) in [6, 6.07) is 6.06. The lowest BCUT2D eigenvalue weighted by molar-refractivity contribution is 0.262. The van der Waals surface area contributed by atoms with Gasteiger partial charge in [0.05, 0.1) is 5.69 Å². The molecule has 2 amide bonds. The van der Waals surface area contributed by atoms with Crippen LogP contribution in [0.5, 0.6) is 0 Å². The monoisotopic (exact) mass is 457 g/mol. The Morgan fingerprint density at radius 1 is 0.906 bits per heavy atom. The number of unbranched alkanes of at least 4 members (excludes halogenated alkanes) is 7. The molecule has 178 valence electrons. The zero-order valence-corrected chi connectivity index (χ0v) is 21.8. The molecule has 0 saturated heterocycles. The number of para-hydroxylation sites is 1. The predicted molar refractivity (Wildman–Crippen MR) is 140 cm³/mol. The summed E-state index contributed by atoms with van der Waals surface area (Å²) in [6.45, 7) is 12.9. The fraction of sp³-hybridized carbons (Fsp3) is 0.630. The van der Waals surface area contributed by atoms with E-state index in [4.69, 9.17) is 0 Å². The van der Waals surface area contributed by atoms with E-state index < -0.39 is 0 Å². The van der Waals surface area contributed by atoms with Crippen LogP contribution in [-0.4, -0.2) is 11.0 Å². The molecular formula is C27H43N3OS. The van der Waals surface area contributed by atoms with Gasteiger partial charge < -0.3 is 5.32 Å². The number of benzene rings is 1. The number of rotatable bonds is 13. The lowest BCUT2D eigenvalue weighted by Gasteiger charge is -2.20. The van der Waals surface area contributed by atoms with Crippen molar-refractivity contribution < 1.29 is 4.79 Å². The molecule has 2 N–H and O–H groups in total. The van der Waals surface area contributed by atoms with Crippen LogP contribution in [0.15, 0.2) is 18.2 Å². The summed E-state index contributed by atoms with van der Waals surface area (Å²) in [5.41, 5.74) is 4.30. The van der Waals surface area contributed by atoms with Crippen LogP contribution in [0.25, 0.3) is 0 Å². The topological polar surface area (TPSA) is 54.0 Å². The van der Waals surface area contributed by atoms with E-state index in [0.717, 1.165) is 28.9 Å². The highest BCUT2D eigenvalue weighted by atomic mass is 32.1. The third kappa shape index (κ3) is 8.23. The molecule has 0 aliphatic rings. The molecule has 2 rings (SSSR count). The minimum absolute atomic E-state index is 0.215. The second kappa shape index (κ2) is 13.6. The summed E-state index contributed by atoms with van der Waals surface area (Å²) < 4.78 is 0. The van der Waals surface area contributed by atoms with Crippen LogP contribution in [-0.2, 0) is 6.42 Å². The van der Waals surface area contributed by atoms with Crippen LogP contribution in [0.1, 0.15) is 120 Å². The second-order valence-electron chi connectivity index (χ2n) is 9.45. The van der Waals surface area contributed by atoms with Crippen molar-refractivity contribution in [1.29, 1.82) is 0 Å². The summed E-state index contributed by atoms with van der Waals surface area (Å²) in [6.07, 6.45) is 11.6. The third-order valence-corrected chi connectivity index (χ3v) is 7.11. The molecule has 32 heavy (non-hydrogen) atoms. The number of nitrogens with zero attached hydrogens (tertiary/aromatic N) is 1. The van der Waals surface area contributed by atoms with Crippen LogP contribution in [0.2, 0.25) is 0 Å². The van der Waals surface area contributed by atoms with E-state index in [1.54, 1.807) is 11.3 Å². The standard InChI is InChI=1S/C27H43N3OS/c1-7-8-9-10-11-12-13-14-18-24-21(6)28-27(32-24)30-26(31)29-25-22(19(2)3)16-15-17-23(25)20(4)5/h15-17,19-20H,7-14,18H2,1-6H3,(H2,28,29,30,31). The highest BCUT2D eigenvalue weighted by Crippen LogP contribution is 2.33. The van der Waals surface area contributed by atoms with Crippen molar-refractivity contribution >= 4 is 28.2 Å². The summed E-state index contributed by atoms with van der Waals surface area (Å²) in [5, 5.41) is 6.77. The Balaban J connectivity index is 1.90. The van der Waals surface area contributed by atoms with E-state index in [9.17, 15) is 4.79 Å². The first-order valence-electron chi connectivity index (χ1n) is 12.5. The molecule has 0 bridgehead atoms. The van der Waals surface area contributed by atoms with E-state index in [2.05, 4.69) is 68.4 Å². The van der Waals surface area contributed by atoms with E-state index in [1.165, 1.54) is 56.2 Å². The number of carbonyl (C=O) groups excluding carboxylic acids is 1. The third-order valence-electron chi connectivity index (χ3n) is 5.98. The van der Waals surface area contributed by atoms with Gasteiger partial charge in [-0.2, -0.15) is 0 Å². The molecule has 0 saturated carbocycles. The van der Waals surface area contributed by atoms with Gasteiger partial charge in [-0.1, -0.05) is 97.8 Å². The number of hydrogen-bond acceptors (Lipinski definition) is 3. The average molecular weight is 458 g/mol. The molecule has 0 unspecified atom stereocenters. The summed E-state index contributed by atoms with van der Waals surface area (Å²) >= 11 is 1.61. The van der Waals surface area contributed by atoms with Gasteiger partial charge in [-0.15, -0.1) is 11.3 Å². The molecule has 0 aliphatic carbocycles. The molecule has 0 aliphatic heterocycles. The van der Waals surface area contributed by atoms with Crippen molar-refractivity contribution in [2.45, 2.75) is 111 Å². The Morgan fingerprint density at radius 2 is 1.47 bits per heavy atom. The van der Waals surface area contributed by atoms with Crippen molar-refractivity contribution in [1.82, 2.24) is 4.98 Å². The van der Waals surface area contributed by atoms with Crippen LogP contribution in [0.4, 0.5) is 15.6 Å². The van der Waals surface area contributed by atoms with Crippen molar-refractivity contribution in [2.24, 2.45) is 0 Å². The number of aryl methyl sites for hydroxylation is 2. The number of aromatic nitrogens is 1. The molecule has 5 heteroatoms. The number of anilines is 2. The van der Waals surface area contributed by atoms with E-state index >= 15 is 0 Å². The Labute approximate surface area is 199 Å². The van der Waals surface area contributed by atoms with Crippen molar-refractivity contribution in [3.8, 4) is 0 Å². The molecule has 1 heterocycles. The minimum Gasteiger partial charge on any atom is -0.307 e. The van der Waals surface area contributed by atoms with Gasteiger partial charge in [0.1, 0.15) is 0 Å². The lowest BCUT2D eigenvalue weighted by Crippen LogP contribution is -2.21. The molecule has 4 nitrogen and oxygen atoms in total. The van der Waals surface area contributed by atoms with Gasteiger partial charge in [0.2, 0.25) is 0 Å². The smallest absolute Gasteiger partial charge is 0.307 e. The van der Waals surface area contributed by atoms with Crippen LogP contribution >= 0.6 is 11.3 Å². The fourth-order valence-corrected chi connectivity index (χ4v) is 5.07. The molecule has 0 atom stereocenters. The maximum atomic E-state index is 12.8. The first-order valence-corrected chi connectivity index (χ1v) is 13.3. The lowest BCUT2D eigenvalue weighted by atomic mass is 9.93. The summed E-state index contributed by atoms with van der Waals surface area (Å²) in [7, 11) is 0. The predicted octanol–water partition coefficient (Wildman–Crippen LogP) is 9.03. The average Bonchev–Trinajstić information content (AvgIpc) is 3.08.